The SMILES string of the molecule is CC(=O)Oc1nnc(NC(C)C(=O)O)c2ccccc12. The molecule has 1 aromatic carbocycles. The highest BCUT2D eigenvalue weighted by Crippen LogP contribution is 2.27. The summed E-state index contributed by atoms with van der Waals surface area (Å²) >= 11 is 0. The molecule has 0 aliphatic rings. The number of hydrogen-bond acceptors (Lipinski definition) is 6. The monoisotopic (exact) mass is 275 g/mol. The maximum absolute atomic E-state index is 11.0. The van der Waals surface area contributed by atoms with Gasteiger partial charge in [0.05, 0.1) is 0 Å². The second kappa shape index (κ2) is 5.52. The number of nitrogens with zero attached hydrogens (tertiary/aromatic N) is 2. The van der Waals surface area contributed by atoms with Gasteiger partial charge in [-0.1, -0.05) is 18.2 Å². The van der Waals surface area contributed by atoms with Gasteiger partial charge in [-0.2, -0.15) is 0 Å². The fourth-order valence-corrected chi connectivity index (χ4v) is 1.66. The lowest BCUT2D eigenvalue weighted by Crippen LogP contribution is -2.26. The average molecular weight is 275 g/mol. The summed E-state index contributed by atoms with van der Waals surface area (Å²) in [5.74, 6) is -1.07. The van der Waals surface area contributed by atoms with E-state index >= 15 is 0 Å². The number of aliphatic carboxylic acids is 1. The third-order valence-corrected chi connectivity index (χ3v) is 2.62. The number of hydrogen-bond donors (Lipinski definition) is 2. The van der Waals surface area contributed by atoms with Gasteiger partial charge < -0.3 is 15.2 Å². The molecule has 2 aromatic rings. The minimum Gasteiger partial charge on any atom is -0.480 e. The first-order valence-electron chi connectivity index (χ1n) is 5.92. The molecule has 1 atom stereocenters. The molecule has 0 saturated carbocycles. The van der Waals surface area contributed by atoms with E-state index < -0.39 is 18.0 Å². The average Bonchev–Trinajstić information content (AvgIpc) is 2.41. The Balaban J connectivity index is 2.48. The molecule has 104 valence electrons. The van der Waals surface area contributed by atoms with Crippen molar-refractivity contribution in [2.45, 2.75) is 19.9 Å². The summed E-state index contributed by atoms with van der Waals surface area (Å²) in [5.41, 5.74) is 0. The fourth-order valence-electron chi connectivity index (χ4n) is 1.66. The number of carboxylic acids is 1. The zero-order valence-electron chi connectivity index (χ0n) is 11.0. The Morgan fingerprint density at radius 1 is 1.25 bits per heavy atom. The van der Waals surface area contributed by atoms with Crippen LogP contribution in [-0.2, 0) is 9.59 Å². The minimum absolute atomic E-state index is 0.0987. The molecular weight excluding hydrogens is 262 g/mol. The summed E-state index contributed by atoms with van der Waals surface area (Å²) in [6.45, 7) is 2.77. The summed E-state index contributed by atoms with van der Waals surface area (Å²) < 4.78 is 4.98. The number of aromatic nitrogens is 2. The van der Waals surface area contributed by atoms with Crippen molar-refractivity contribution in [3.05, 3.63) is 24.3 Å². The van der Waals surface area contributed by atoms with Crippen LogP contribution in [0.4, 0.5) is 5.82 Å². The van der Waals surface area contributed by atoms with Crippen LogP contribution >= 0.6 is 0 Å². The Morgan fingerprint density at radius 3 is 2.50 bits per heavy atom. The second-order valence-electron chi connectivity index (χ2n) is 4.20. The molecule has 20 heavy (non-hydrogen) atoms. The molecule has 1 aromatic heterocycles. The Labute approximate surface area is 114 Å². The van der Waals surface area contributed by atoms with Gasteiger partial charge in [-0.25, -0.2) is 0 Å². The van der Waals surface area contributed by atoms with Crippen molar-refractivity contribution in [3.63, 3.8) is 0 Å². The van der Waals surface area contributed by atoms with E-state index in [1.165, 1.54) is 13.8 Å². The number of ether oxygens (including phenoxy) is 1. The summed E-state index contributed by atoms with van der Waals surface area (Å²) in [6, 6.07) is 6.19. The van der Waals surface area contributed by atoms with Crippen LogP contribution in [-0.4, -0.2) is 33.3 Å². The molecule has 7 nitrogen and oxygen atoms in total. The normalized spacial score (nSPS) is 11.9. The van der Waals surface area contributed by atoms with Crippen molar-refractivity contribution >= 4 is 28.5 Å². The van der Waals surface area contributed by atoms with E-state index in [9.17, 15) is 9.59 Å². The first kappa shape index (κ1) is 13.7. The van der Waals surface area contributed by atoms with E-state index in [4.69, 9.17) is 9.84 Å². The van der Waals surface area contributed by atoms with Crippen LogP contribution in [0.15, 0.2) is 24.3 Å². The lowest BCUT2D eigenvalue weighted by Gasteiger charge is -2.12. The molecule has 0 spiro atoms. The van der Waals surface area contributed by atoms with Gasteiger partial charge in [0.25, 0.3) is 0 Å². The number of nitrogens with one attached hydrogen (secondary N) is 1. The van der Waals surface area contributed by atoms with Crippen LogP contribution in [0.5, 0.6) is 5.88 Å². The molecule has 2 N–H and O–H groups in total. The molecule has 0 aliphatic carbocycles. The molecule has 1 unspecified atom stereocenters. The molecule has 0 bridgehead atoms. The fraction of sp³-hybridized carbons (Fsp3) is 0.231. The second-order valence-corrected chi connectivity index (χ2v) is 4.20. The molecule has 7 heteroatoms. The van der Waals surface area contributed by atoms with Crippen molar-refractivity contribution in [2.75, 3.05) is 5.32 Å². The van der Waals surface area contributed by atoms with E-state index in [2.05, 4.69) is 15.5 Å². The minimum atomic E-state index is -1.00. The summed E-state index contributed by atoms with van der Waals surface area (Å²) in [7, 11) is 0. The van der Waals surface area contributed by atoms with Crippen molar-refractivity contribution in [1.82, 2.24) is 10.2 Å². The quantitative estimate of drug-likeness (QED) is 0.814. The van der Waals surface area contributed by atoms with Crippen molar-refractivity contribution in [2.24, 2.45) is 0 Å². The summed E-state index contributed by atoms with van der Waals surface area (Å²) in [6.07, 6.45) is 0. The standard InChI is InChI=1S/C13H13N3O4/c1-7(13(18)19)14-11-9-5-3-4-6-10(9)12(16-15-11)20-8(2)17/h3-7H,1-2H3,(H,14,15)(H,18,19). The largest absolute Gasteiger partial charge is 0.480 e. The predicted molar refractivity (Wildman–Crippen MR) is 71.6 cm³/mol. The van der Waals surface area contributed by atoms with Gasteiger partial charge in [0.1, 0.15) is 6.04 Å². The smallest absolute Gasteiger partial charge is 0.325 e. The van der Waals surface area contributed by atoms with Crippen LogP contribution in [0, 0.1) is 0 Å². The maximum Gasteiger partial charge on any atom is 0.325 e. The van der Waals surface area contributed by atoms with Gasteiger partial charge in [0, 0.05) is 17.7 Å². The lowest BCUT2D eigenvalue weighted by atomic mass is 10.1. The number of carbonyl (C=O) groups excluding carboxylic acids is 1. The van der Waals surface area contributed by atoms with Crippen LogP contribution in [0.1, 0.15) is 13.8 Å². The Kier molecular flexibility index (Phi) is 3.79. The number of fused-ring (bicyclic) bond motifs is 1. The molecular formula is C13H13N3O4. The third kappa shape index (κ3) is 2.82. The van der Waals surface area contributed by atoms with E-state index in [1.54, 1.807) is 24.3 Å². The highest BCUT2D eigenvalue weighted by molar-refractivity contribution is 5.96. The molecule has 2 rings (SSSR count). The number of benzene rings is 1. The van der Waals surface area contributed by atoms with Crippen molar-refractivity contribution in [3.8, 4) is 5.88 Å². The van der Waals surface area contributed by atoms with Crippen molar-refractivity contribution < 1.29 is 19.4 Å². The van der Waals surface area contributed by atoms with Gasteiger partial charge in [0.15, 0.2) is 5.82 Å². The number of rotatable bonds is 4. The Morgan fingerprint density at radius 2 is 1.90 bits per heavy atom. The first-order chi connectivity index (χ1) is 9.49. The highest BCUT2D eigenvalue weighted by atomic mass is 16.5. The van der Waals surface area contributed by atoms with Crippen LogP contribution in [0.25, 0.3) is 10.8 Å². The third-order valence-electron chi connectivity index (χ3n) is 2.62. The number of anilines is 1. The van der Waals surface area contributed by atoms with E-state index in [0.717, 1.165) is 0 Å². The van der Waals surface area contributed by atoms with Crippen molar-refractivity contribution in [1.29, 1.82) is 0 Å². The van der Waals surface area contributed by atoms with Crippen LogP contribution in [0.3, 0.4) is 0 Å². The van der Waals surface area contributed by atoms with E-state index in [-0.39, 0.29) is 5.88 Å². The van der Waals surface area contributed by atoms with E-state index in [1.807, 2.05) is 0 Å². The van der Waals surface area contributed by atoms with Gasteiger partial charge in [0.2, 0.25) is 5.88 Å². The van der Waals surface area contributed by atoms with Gasteiger partial charge in [-0.15, -0.1) is 10.2 Å². The number of esters is 1. The first-order valence-corrected chi connectivity index (χ1v) is 5.92. The lowest BCUT2D eigenvalue weighted by molar-refractivity contribution is -0.137. The Hall–Kier alpha value is -2.70. The maximum atomic E-state index is 11.0. The zero-order chi connectivity index (χ0) is 14.7. The van der Waals surface area contributed by atoms with Gasteiger partial charge in [-0.05, 0) is 13.0 Å². The highest BCUT2D eigenvalue weighted by Gasteiger charge is 2.16. The topological polar surface area (TPSA) is 101 Å². The van der Waals surface area contributed by atoms with E-state index in [0.29, 0.717) is 16.6 Å². The molecule has 0 radical (unpaired) electrons. The molecule has 0 amide bonds. The molecule has 0 saturated heterocycles. The van der Waals surface area contributed by atoms with Crippen LogP contribution < -0.4 is 10.1 Å². The number of carbonyl (C=O) groups is 2. The predicted octanol–water partition coefficient (Wildman–Crippen LogP) is 1.44. The summed E-state index contributed by atoms with van der Waals surface area (Å²) in [5, 5.41) is 20.6. The zero-order valence-corrected chi connectivity index (χ0v) is 11.0. The summed E-state index contributed by atoms with van der Waals surface area (Å²) in [4.78, 5) is 21.9. The van der Waals surface area contributed by atoms with Gasteiger partial charge >= 0.3 is 11.9 Å². The molecule has 0 fully saturated rings. The Bertz CT molecular complexity index is 672. The number of carboxylic acid groups (broad SMARTS) is 1. The van der Waals surface area contributed by atoms with Crippen LogP contribution in [0.2, 0.25) is 0 Å². The van der Waals surface area contributed by atoms with Gasteiger partial charge in [-0.3, -0.25) is 9.59 Å². The molecule has 1 heterocycles. The molecule has 0 aliphatic heterocycles.